The third kappa shape index (κ3) is 10.8. The van der Waals surface area contributed by atoms with Crippen molar-refractivity contribution in [3.8, 4) is 11.5 Å². The van der Waals surface area contributed by atoms with Gasteiger partial charge < -0.3 is 29.5 Å². The molecule has 310 valence electrons. The third-order valence-electron chi connectivity index (χ3n) is 9.72. The van der Waals surface area contributed by atoms with Crippen molar-refractivity contribution in [3.63, 3.8) is 0 Å². The van der Waals surface area contributed by atoms with Crippen molar-refractivity contribution < 1.29 is 32.3 Å². The van der Waals surface area contributed by atoms with Gasteiger partial charge in [-0.2, -0.15) is 8.42 Å². The molecule has 2 heterocycles. The number of hydrogen-bond donors (Lipinski definition) is 2. The van der Waals surface area contributed by atoms with E-state index in [-0.39, 0.29) is 58.4 Å². The van der Waals surface area contributed by atoms with Crippen LogP contribution in [0.15, 0.2) is 96.2 Å². The Bertz CT molecular complexity index is 2320. The molecule has 0 bridgehead atoms. The maximum atomic E-state index is 13.8. The zero-order chi connectivity index (χ0) is 39.8. The van der Waals surface area contributed by atoms with Crippen LogP contribution in [0.5, 0.6) is 11.5 Å². The Morgan fingerprint density at radius 1 is 0.862 bits per heavy atom. The zero-order valence-electron chi connectivity index (χ0n) is 32.8. The van der Waals surface area contributed by atoms with Crippen molar-refractivity contribution >= 4 is 75.0 Å². The van der Waals surface area contributed by atoms with Crippen LogP contribution >= 0.6 is 24.8 Å². The number of unbranched alkanes of at least 4 members (excludes halogenated alkanes) is 2. The molecule has 1 aromatic heterocycles. The van der Waals surface area contributed by atoms with Crippen LogP contribution in [0.4, 0.5) is 11.4 Å². The summed E-state index contributed by atoms with van der Waals surface area (Å²) in [5.74, 6) is 0.226. The summed E-state index contributed by atoms with van der Waals surface area (Å²) in [6.45, 7) is 5.79. The molecule has 1 saturated heterocycles. The zero-order valence-corrected chi connectivity index (χ0v) is 35.3. The fraction of sp³-hybridized carbons (Fsp3) is 0.317. The SMILES string of the molecule is COc1cc(C(=O)N(C)c2ccc(C)cc2OCCCCCC(=O)N2CCN(C)CC2)ccc1NC(=O)c1cccc2c1ncn2NS(=O)(=O)c1ccccc1.Cl.Cl. The van der Waals surface area contributed by atoms with Gasteiger partial charge in [0, 0.05) is 45.2 Å². The molecule has 3 amide bonds. The molecule has 0 spiro atoms. The number of para-hydroxylation sites is 1. The highest BCUT2D eigenvalue weighted by atomic mass is 35.5. The minimum atomic E-state index is -3.91. The maximum Gasteiger partial charge on any atom is 0.275 e. The van der Waals surface area contributed by atoms with Crippen molar-refractivity contribution in [3.05, 3.63) is 108 Å². The van der Waals surface area contributed by atoms with Crippen LogP contribution in [0.1, 0.15) is 52.0 Å². The summed E-state index contributed by atoms with van der Waals surface area (Å²) in [7, 11) is 1.27. The smallest absolute Gasteiger partial charge is 0.275 e. The fourth-order valence-electron chi connectivity index (χ4n) is 6.46. The first-order chi connectivity index (χ1) is 26.9. The molecular weight excluding hydrogens is 805 g/mol. The van der Waals surface area contributed by atoms with Crippen molar-refractivity contribution in [1.29, 1.82) is 0 Å². The van der Waals surface area contributed by atoms with Gasteiger partial charge in [0.15, 0.2) is 0 Å². The lowest BCUT2D eigenvalue weighted by Crippen LogP contribution is -2.47. The molecule has 0 saturated carbocycles. The van der Waals surface area contributed by atoms with Crippen LogP contribution < -0.4 is 24.5 Å². The number of rotatable bonds is 15. The second-order valence-electron chi connectivity index (χ2n) is 13.7. The van der Waals surface area contributed by atoms with Crippen LogP contribution in [0.3, 0.4) is 0 Å². The molecule has 58 heavy (non-hydrogen) atoms. The highest BCUT2D eigenvalue weighted by Crippen LogP contribution is 2.32. The first-order valence-corrected chi connectivity index (χ1v) is 19.9. The number of fused-ring (bicyclic) bond motifs is 1. The Balaban J connectivity index is 0.00000372. The molecule has 0 atom stereocenters. The molecule has 14 nitrogen and oxygen atoms in total. The van der Waals surface area contributed by atoms with E-state index in [1.165, 1.54) is 35.1 Å². The summed E-state index contributed by atoms with van der Waals surface area (Å²) in [6, 6.07) is 23.2. The Morgan fingerprint density at radius 3 is 2.33 bits per heavy atom. The van der Waals surface area contributed by atoms with E-state index in [1.807, 2.05) is 30.0 Å². The summed E-state index contributed by atoms with van der Waals surface area (Å²) in [5.41, 5.74) is 3.09. The van der Waals surface area contributed by atoms with Gasteiger partial charge in [0.1, 0.15) is 23.3 Å². The molecule has 1 aliphatic rings. The molecule has 6 rings (SSSR count). The Kier molecular flexibility index (Phi) is 15.9. The Labute approximate surface area is 351 Å². The lowest BCUT2D eigenvalue weighted by atomic mass is 10.1. The number of aromatic nitrogens is 2. The van der Waals surface area contributed by atoms with E-state index < -0.39 is 15.9 Å². The number of ether oxygens (including phenoxy) is 2. The molecule has 0 radical (unpaired) electrons. The number of anilines is 2. The number of sulfonamides is 1. The summed E-state index contributed by atoms with van der Waals surface area (Å²) >= 11 is 0. The van der Waals surface area contributed by atoms with Crippen LogP contribution in [0, 0.1) is 6.92 Å². The van der Waals surface area contributed by atoms with Crippen LogP contribution in [0.2, 0.25) is 0 Å². The third-order valence-corrected chi connectivity index (χ3v) is 11.0. The van der Waals surface area contributed by atoms with E-state index in [0.717, 1.165) is 51.0 Å². The van der Waals surface area contributed by atoms with Gasteiger partial charge in [0.05, 0.1) is 41.1 Å². The van der Waals surface area contributed by atoms with E-state index in [4.69, 9.17) is 9.47 Å². The van der Waals surface area contributed by atoms with Crippen LogP contribution in [-0.2, 0) is 14.8 Å². The molecular formula is C41H49Cl2N7O7S. The predicted octanol–water partition coefficient (Wildman–Crippen LogP) is 6.37. The number of carbonyl (C=O) groups excluding carboxylic acids is 3. The van der Waals surface area contributed by atoms with E-state index in [1.54, 1.807) is 61.6 Å². The fourth-order valence-corrected chi connectivity index (χ4v) is 7.49. The number of nitrogens with zero attached hydrogens (tertiary/aromatic N) is 5. The van der Waals surface area contributed by atoms with Crippen molar-refractivity contribution in [2.24, 2.45) is 0 Å². The maximum absolute atomic E-state index is 13.8. The van der Waals surface area contributed by atoms with Gasteiger partial charge in [0.2, 0.25) is 5.91 Å². The van der Waals surface area contributed by atoms with Gasteiger partial charge in [-0.1, -0.05) is 30.3 Å². The van der Waals surface area contributed by atoms with Crippen LogP contribution in [-0.4, -0.2) is 99.6 Å². The lowest BCUT2D eigenvalue weighted by Gasteiger charge is -2.32. The minimum absolute atomic E-state index is 0. The standard InChI is InChI=1S/C41H47N7O7S.2ClH/c1-29-17-20-34(37(26-29)55-25-10-6-9-16-38(49)47-23-21-45(2)22-24-47)46(3)41(51)30-18-19-33(36(27-30)54-4)43-40(50)32-14-11-15-35-39(32)42-28-48(35)44-56(52,53)31-12-7-5-8-13-31;;/h5,7-8,11-15,17-20,26-28,44H,6,9-10,16,21-25H2,1-4H3,(H,43,50);2*1H. The molecule has 2 N–H and O–H groups in total. The van der Waals surface area contributed by atoms with E-state index in [0.29, 0.717) is 41.2 Å². The number of halogens is 2. The number of amides is 3. The average Bonchev–Trinajstić information content (AvgIpc) is 3.61. The highest BCUT2D eigenvalue weighted by molar-refractivity contribution is 7.92. The number of hydrogen-bond acceptors (Lipinski definition) is 9. The Hall–Kier alpha value is -5.35. The highest BCUT2D eigenvalue weighted by Gasteiger charge is 2.23. The first-order valence-electron chi connectivity index (χ1n) is 18.5. The molecule has 1 fully saturated rings. The topological polar surface area (TPSA) is 155 Å². The summed E-state index contributed by atoms with van der Waals surface area (Å²) in [6.07, 6.45) is 4.25. The van der Waals surface area contributed by atoms with Crippen molar-refractivity contribution in [1.82, 2.24) is 19.5 Å². The lowest BCUT2D eigenvalue weighted by molar-refractivity contribution is -0.132. The number of methoxy groups -OCH3 is 1. The number of imidazole rings is 1. The number of carbonyl (C=O) groups is 3. The average molecular weight is 855 g/mol. The van der Waals surface area contributed by atoms with E-state index in [2.05, 4.69) is 27.1 Å². The summed E-state index contributed by atoms with van der Waals surface area (Å²) < 4.78 is 38.9. The van der Waals surface area contributed by atoms with Crippen molar-refractivity contribution in [2.75, 3.05) is 69.0 Å². The van der Waals surface area contributed by atoms with Gasteiger partial charge in [-0.3, -0.25) is 14.4 Å². The van der Waals surface area contributed by atoms with Gasteiger partial charge in [-0.15, -0.1) is 24.8 Å². The minimum Gasteiger partial charge on any atom is -0.495 e. The molecule has 0 unspecified atom stereocenters. The van der Waals surface area contributed by atoms with E-state index >= 15 is 0 Å². The monoisotopic (exact) mass is 853 g/mol. The quantitative estimate of drug-likeness (QED) is 0.114. The number of piperazine rings is 1. The predicted molar refractivity (Wildman–Crippen MR) is 230 cm³/mol. The largest absolute Gasteiger partial charge is 0.495 e. The van der Waals surface area contributed by atoms with Gasteiger partial charge in [-0.05, 0) is 93.4 Å². The second kappa shape index (κ2) is 20.4. The normalized spacial score (nSPS) is 12.9. The number of aryl methyl sites for hydroxylation is 1. The van der Waals surface area contributed by atoms with Crippen molar-refractivity contribution in [2.45, 2.75) is 37.5 Å². The Morgan fingerprint density at radius 2 is 1.60 bits per heavy atom. The molecule has 4 aromatic carbocycles. The summed E-state index contributed by atoms with van der Waals surface area (Å²) in [4.78, 5) is 52.5. The van der Waals surface area contributed by atoms with Gasteiger partial charge >= 0.3 is 0 Å². The summed E-state index contributed by atoms with van der Waals surface area (Å²) in [5, 5.41) is 2.84. The van der Waals surface area contributed by atoms with Gasteiger partial charge in [-0.25, -0.2) is 14.5 Å². The number of benzene rings is 4. The second-order valence-corrected chi connectivity index (χ2v) is 15.4. The van der Waals surface area contributed by atoms with E-state index in [9.17, 15) is 22.8 Å². The van der Waals surface area contributed by atoms with Crippen LogP contribution in [0.25, 0.3) is 11.0 Å². The molecule has 5 aromatic rings. The molecule has 0 aliphatic carbocycles. The first kappa shape index (κ1) is 45.4. The van der Waals surface area contributed by atoms with Gasteiger partial charge in [0.25, 0.3) is 21.8 Å². The molecule has 1 aliphatic heterocycles. The molecule has 17 heteroatoms. The number of nitrogens with one attached hydrogen (secondary N) is 2. The number of likely N-dealkylation sites (N-methyl/N-ethyl adjacent to an activating group) is 1.